The number of carboxylic acids is 1. The summed E-state index contributed by atoms with van der Waals surface area (Å²) in [6.07, 6.45) is 121. The number of carboxylic acid groups (broad SMARTS) is 1. The third-order valence-electron chi connectivity index (χ3n) is 19.1. The lowest BCUT2D eigenvalue weighted by Gasteiger charge is -2.26. The Kier molecular flexibility index (Phi) is 80.9. The fraction of sp³-hybridized carbons (Fsp3) is 0.719. The van der Waals surface area contributed by atoms with E-state index in [0.29, 0.717) is 23.9 Å². The Bertz CT molecular complexity index is 2250. The highest BCUT2D eigenvalue weighted by molar-refractivity contribution is 5.70. The molecule has 0 fully saturated rings. The normalized spacial score (nSPS) is 13.3. The molecule has 9 heteroatoms. The molecule has 0 amide bonds. The van der Waals surface area contributed by atoms with Gasteiger partial charge in [-0.05, 0) is 116 Å². The van der Waals surface area contributed by atoms with E-state index in [0.717, 1.165) is 109 Å². The van der Waals surface area contributed by atoms with Crippen molar-refractivity contribution >= 4 is 17.9 Å². The molecule has 602 valence electrons. The Hall–Kier alpha value is -4.83. The first-order valence-electron chi connectivity index (χ1n) is 44.0. The third-order valence-corrected chi connectivity index (χ3v) is 19.1. The summed E-state index contributed by atoms with van der Waals surface area (Å²) in [6.45, 7) is 4.56. The molecule has 0 bridgehead atoms. The Morgan fingerprint density at radius 3 is 0.762 bits per heavy atom. The zero-order valence-corrected chi connectivity index (χ0v) is 69.1. The summed E-state index contributed by atoms with van der Waals surface area (Å²) in [5.74, 6) is -2.26. The molecule has 0 aromatic rings. The second-order valence-corrected chi connectivity index (χ2v) is 30.4. The van der Waals surface area contributed by atoms with Gasteiger partial charge in [-0.1, -0.05) is 404 Å². The number of hydrogen-bond donors (Lipinski definition) is 0. The Morgan fingerprint density at radius 1 is 0.286 bits per heavy atom. The number of aliphatic carboxylic acids is 1. The van der Waals surface area contributed by atoms with Crippen LogP contribution in [0.1, 0.15) is 386 Å². The van der Waals surface area contributed by atoms with Crippen LogP contribution in [0.3, 0.4) is 0 Å². The average molecular weight is 1460 g/mol. The molecule has 2 unspecified atom stereocenters. The van der Waals surface area contributed by atoms with Gasteiger partial charge in [0.25, 0.3) is 0 Å². The highest BCUT2D eigenvalue weighted by Crippen LogP contribution is 2.19. The van der Waals surface area contributed by atoms with Crippen molar-refractivity contribution in [3.05, 3.63) is 146 Å². The van der Waals surface area contributed by atoms with Gasteiger partial charge in [0.1, 0.15) is 13.2 Å². The van der Waals surface area contributed by atoms with Gasteiger partial charge < -0.3 is 33.3 Å². The quantitative estimate of drug-likeness (QED) is 0.0195. The van der Waals surface area contributed by atoms with E-state index in [2.05, 4.69) is 160 Å². The van der Waals surface area contributed by atoms with Crippen LogP contribution in [0.5, 0.6) is 0 Å². The molecule has 0 heterocycles. The summed E-state index contributed by atoms with van der Waals surface area (Å²) in [5.41, 5.74) is 0. The highest BCUT2D eigenvalue weighted by Gasteiger charge is 2.22. The van der Waals surface area contributed by atoms with E-state index >= 15 is 0 Å². The van der Waals surface area contributed by atoms with Crippen molar-refractivity contribution in [1.82, 2.24) is 0 Å². The van der Waals surface area contributed by atoms with Crippen LogP contribution in [0, 0.1) is 0 Å². The minimum Gasteiger partial charge on any atom is -0.545 e. The molecule has 0 aromatic heterocycles. The number of carbonyl (C=O) groups excluding carboxylic acids is 3. The Morgan fingerprint density at radius 2 is 0.514 bits per heavy atom. The van der Waals surface area contributed by atoms with E-state index in [9.17, 15) is 19.5 Å². The zero-order valence-electron chi connectivity index (χ0n) is 69.1. The molecule has 0 aliphatic carbocycles. The number of carbonyl (C=O) groups is 3. The van der Waals surface area contributed by atoms with Gasteiger partial charge in [-0.3, -0.25) is 9.59 Å². The largest absolute Gasteiger partial charge is 0.545 e. The molecule has 0 rings (SSSR count). The summed E-state index contributed by atoms with van der Waals surface area (Å²) < 4.78 is 22.9. The first kappa shape index (κ1) is 100. The molecule has 105 heavy (non-hydrogen) atoms. The van der Waals surface area contributed by atoms with Crippen molar-refractivity contribution in [3.8, 4) is 0 Å². The van der Waals surface area contributed by atoms with Crippen LogP contribution in [-0.4, -0.2) is 82.3 Å². The summed E-state index contributed by atoms with van der Waals surface area (Å²) in [5, 5.41) is 11.9. The maximum absolute atomic E-state index is 13.0. The van der Waals surface area contributed by atoms with Gasteiger partial charge in [0.15, 0.2) is 12.4 Å². The van der Waals surface area contributed by atoms with Gasteiger partial charge >= 0.3 is 11.9 Å². The molecule has 0 radical (unpaired) electrons. The zero-order chi connectivity index (χ0) is 76.0. The smallest absolute Gasteiger partial charge is 0.306 e. The first-order valence-corrected chi connectivity index (χ1v) is 44.0. The number of quaternary nitrogens is 1. The van der Waals surface area contributed by atoms with Gasteiger partial charge in [0.05, 0.1) is 40.3 Å². The number of hydrogen-bond acceptors (Lipinski definition) is 8. The summed E-state index contributed by atoms with van der Waals surface area (Å²) in [4.78, 5) is 37.7. The summed E-state index contributed by atoms with van der Waals surface area (Å²) >= 11 is 0. The predicted molar refractivity (Wildman–Crippen MR) is 453 cm³/mol. The van der Waals surface area contributed by atoms with Crippen molar-refractivity contribution < 1.29 is 42.9 Å². The molecular weight excluding hydrogens is 1300 g/mol. The topological polar surface area (TPSA) is 111 Å². The van der Waals surface area contributed by atoms with Gasteiger partial charge in [-0.15, -0.1) is 0 Å². The van der Waals surface area contributed by atoms with E-state index in [1.165, 1.54) is 244 Å². The monoisotopic (exact) mass is 1460 g/mol. The van der Waals surface area contributed by atoms with Gasteiger partial charge in [0.2, 0.25) is 0 Å². The molecule has 2 atom stereocenters. The van der Waals surface area contributed by atoms with Crippen molar-refractivity contribution in [2.45, 2.75) is 399 Å². The second kappa shape index (κ2) is 84.8. The number of nitrogens with zero attached hydrogens (tertiary/aromatic N) is 1. The minimum absolute atomic E-state index is 0.146. The number of allylic oxidation sites excluding steroid dienone is 24. The van der Waals surface area contributed by atoms with Crippen molar-refractivity contribution in [2.75, 3.05) is 47.5 Å². The minimum atomic E-state index is -1.63. The van der Waals surface area contributed by atoms with Crippen molar-refractivity contribution in [2.24, 2.45) is 0 Å². The molecule has 9 nitrogen and oxygen atoms in total. The fourth-order valence-corrected chi connectivity index (χ4v) is 12.5. The van der Waals surface area contributed by atoms with Gasteiger partial charge in [-0.2, -0.15) is 0 Å². The number of unbranched alkanes of at least 4 members (excludes halogenated alkanes) is 42. The molecule has 0 aliphatic rings. The lowest BCUT2D eigenvalue weighted by Crippen LogP contribution is -2.44. The molecule has 0 spiro atoms. The molecular formula is C96H165NO8. The second-order valence-electron chi connectivity index (χ2n) is 30.4. The number of rotatable bonds is 81. The van der Waals surface area contributed by atoms with Crippen LogP contribution in [0.15, 0.2) is 146 Å². The molecule has 0 aromatic carbocycles. The standard InChI is InChI=1S/C96H165NO8/c1-6-8-10-12-14-16-18-20-22-24-26-28-30-32-34-36-38-40-42-44-46-47-49-51-53-55-57-59-61-63-65-67-69-71-73-75-77-79-81-83-85-87-94(99)105-92(91-104-96(95(100)101)102-89-88-97(3,4)5)90-103-93(98)86-84-82-80-78-76-74-72-70-68-66-64-62-60-58-56-54-52-50-48-45-43-41-39-37-35-33-31-29-27-25-23-21-19-17-15-13-11-9-7-2/h8-11,14-17,20-23,26-29,32-35,38-41,92,96H,6-7,12-13,18-19,24-25,30-31,36-37,42-91H2,1-5H3/b10-8-,11-9-,16-14-,17-15-,22-20-,23-21-,28-26-,29-27-,34-32-,35-33-,40-38-,41-39-. The number of likely N-dealkylation sites (N-methyl/N-ethyl adjacent to an activating group) is 1. The number of ether oxygens (including phenoxy) is 4. The fourth-order valence-electron chi connectivity index (χ4n) is 12.5. The van der Waals surface area contributed by atoms with Crippen LogP contribution < -0.4 is 5.11 Å². The molecule has 0 saturated heterocycles. The summed E-state index contributed by atoms with van der Waals surface area (Å²) in [7, 11) is 5.95. The van der Waals surface area contributed by atoms with Crippen molar-refractivity contribution in [3.63, 3.8) is 0 Å². The average Bonchev–Trinajstić information content (AvgIpc) is 1.18. The van der Waals surface area contributed by atoms with Crippen LogP contribution in [0.2, 0.25) is 0 Å². The van der Waals surface area contributed by atoms with E-state index in [1.54, 1.807) is 0 Å². The van der Waals surface area contributed by atoms with Crippen molar-refractivity contribution in [1.29, 1.82) is 0 Å². The van der Waals surface area contributed by atoms with Gasteiger partial charge in [0, 0.05) is 12.8 Å². The van der Waals surface area contributed by atoms with E-state index in [1.807, 2.05) is 21.1 Å². The predicted octanol–water partition coefficient (Wildman–Crippen LogP) is 27.6. The lowest BCUT2D eigenvalue weighted by molar-refractivity contribution is -0.870. The first-order chi connectivity index (χ1) is 51.6. The number of esters is 2. The summed E-state index contributed by atoms with van der Waals surface area (Å²) in [6, 6.07) is 0. The highest BCUT2D eigenvalue weighted by atomic mass is 16.7. The van der Waals surface area contributed by atoms with Crippen LogP contribution in [-0.2, 0) is 33.3 Å². The molecule has 0 aliphatic heterocycles. The third kappa shape index (κ3) is 86.3. The maximum atomic E-state index is 13.0. The van der Waals surface area contributed by atoms with E-state index < -0.39 is 24.3 Å². The lowest BCUT2D eigenvalue weighted by atomic mass is 10.0. The van der Waals surface area contributed by atoms with E-state index in [-0.39, 0.29) is 32.2 Å². The van der Waals surface area contributed by atoms with E-state index in [4.69, 9.17) is 18.9 Å². The van der Waals surface area contributed by atoms with Crippen LogP contribution >= 0.6 is 0 Å². The Labute approximate surface area is 649 Å². The molecule has 0 N–H and O–H groups in total. The maximum Gasteiger partial charge on any atom is 0.306 e. The van der Waals surface area contributed by atoms with Crippen LogP contribution in [0.25, 0.3) is 0 Å². The van der Waals surface area contributed by atoms with Crippen LogP contribution in [0.4, 0.5) is 0 Å². The SMILES string of the molecule is CC/C=C\C/C=C\C/C=C\C/C=C\C/C=C\C/C=C\CCCCCCCCCCCCCCCCCCCCCCCCC(=O)OC(COC(=O)CCCCCCCCCCCCCCCCCCCCCC/C=C\C/C=C\C/C=C\C/C=C\C/C=C\C/C=C\CC)COC(OCC[N+](C)(C)C)C(=O)[O-]. The Balaban J connectivity index is 3.95. The van der Waals surface area contributed by atoms with Gasteiger partial charge in [-0.25, -0.2) is 0 Å². The molecule has 0 saturated carbocycles.